The monoisotopic (exact) mass is 228 g/mol. The van der Waals surface area contributed by atoms with Crippen molar-refractivity contribution in [2.75, 3.05) is 0 Å². The number of nitrogens with zero attached hydrogens (tertiary/aromatic N) is 1. The number of H-pyrrole nitrogens is 1. The van der Waals surface area contributed by atoms with Gasteiger partial charge in [0.2, 0.25) is 0 Å². The molecule has 74 valence electrons. The molecule has 13 heavy (non-hydrogen) atoms. The maximum Gasteiger partial charge on any atom is 0.477 e. The van der Waals surface area contributed by atoms with Crippen LogP contribution in [0.15, 0.2) is 12.5 Å². The van der Waals surface area contributed by atoms with E-state index in [1.165, 1.54) is 0 Å². The molecule has 0 bridgehead atoms. The minimum Gasteiger partial charge on any atom is -0.338 e. The second-order valence-corrected chi connectivity index (χ2v) is 5.19. The molecule has 1 aromatic heterocycles. The molecular formula is C3H6N2O6P2. The lowest BCUT2D eigenvalue weighted by atomic mass is 11.0. The highest BCUT2D eigenvalue weighted by Crippen LogP contribution is 2.55. The molecule has 1 rings (SSSR count). The zero-order valence-electron chi connectivity index (χ0n) is 6.06. The van der Waals surface area contributed by atoms with E-state index >= 15 is 0 Å². The fourth-order valence-corrected chi connectivity index (χ4v) is 2.53. The molecule has 0 radical (unpaired) electrons. The van der Waals surface area contributed by atoms with Crippen molar-refractivity contribution in [2.45, 2.75) is 0 Å². The second kappa shape index (κ2) is 3.34. The van der Waals surface area contributed by atoms with Crippen molar-refractivity contribution in [2.24, 2.45) is 0 Å². The smallest absolute Gasteiger partial charge is 0.338 e. The fraction of sp³-hybridized carbons (Fsp3) is 0. The van der Waals surface area contributed by atoms with E-state index in [-0.39, 0.29) is 5.44 Å². The van der Waals surface area contributed by atoms with Gasteiger partial charge in [0.05, 0.1) is 12.5 Å². The molecule has 0 aliphatic carbocycles. The lowest BCUT2D eigenvalue weighted by Gasteiger charge is -2.09. The molecule has 0 spiro atoms. The maximum absolute atomic E-state index is 11.1. The number of aromatic nitrogens is 2. The van der Waals surface area contributed by atoms with E-state index < -0.39 is 15.4 Å². The van der Waals surface area contributed by atoms with E-state index in [0.717, 1.165) is 12.5 Å². The summed E-state index contributed by atoms with van der Waals surface area (Å²) in [5, 5.41) is 0. The first-order chi connectivity index (χ1) is 5.81. The van der Waals surface area contributed by atoms with Crippen LogP contribution in [-0.4, -0.2) is 24.6 Å². The Morgan fingerprint density at radius 1 is 1.38 bits per heavy atom. The van der Waals surface area contributed by atoms with Crippen LogP contribution in [0.25, 0.3) is 0 Å². The summed E-state index contributed by atoms with van der Waals surface area (Å²) in [5.41, 5.74) is -0.379. The zero-order chi connectivity index (χ0) is 10.1. The van der Waals surface area contributed by atoms with Gasteiger partial charge in [0.25, 0.3) is 0 Å². The Morgan fingerprint density at radius 2 is 2.00 bits per heavy atom. The average molecular weight is 228 g/mol. The van der Waals surface area contributed by atoms with Gasteiger partial charge in [0, 0.05) is 0 Å². The van der Waals surface area contributed by atoms with Crippen LogP contribution in [0.1, 0.15) is 0 Å². The normalized spacial score (nSPS) is 16.8. The Balaban J connectivity index is 2.92. The lowest BCUT2D eigenvalue weighted by molar-refractivity contribution is 0.267. The third-order valence-corrected chi connectivity index (χ3v) is 3.59. The van der Waals surface area contributed by atoms with Crippen LogP contribution < -0.4 is 5.44 Å². The minimum atomic E-state index is -4.99. The Morgan fingerprint density at radius 3 is 2.38 bits per heavy atom. The highest BCUT2D eigenvalue weighted by Gasteiger charge is 2.33. The highest BCUT2D eigenvalue weighted by atomic mass is 31.3. The number of hydrogen-bond donors (Lipinski definition) is 4. The Bertz CT molecular complexity index is 367. The summed E-state index contributed by atoms with van der Waals surface area (Å²) in [5.74, 6) is 0. The first kappa shape index (κ1) is 10.6. The molecule has 0 aromatic carbocycles. The topological polar surface area (TPSA) is 133 Å². The number of aromatic amines is 1. The van der Waals surface area contributed by atoms with Crippen molar-refractivity contribution in [3.63, 3.8) is 0 Å². The molecule has 8 nitrogen and oxygen atoms in total. The summed E-state index contributed by atoms with van der Waals surface area (Å²) in [7, 11) is -9.49. The van der Waals surface area contributed by atoms with Crippen molar-refractivity contribution in [1.29, 1.82) is 0 Å². The molecule has 0 saturated heterocycles. The van der Waals surface area contributed by atoms with Gasteiger partial charge in [-0.05, 0) is 0 Å². The quantitative estimate of drug-likeness (QED) is 0.504. The van der Waals surface area contributed by atoms with Crippen LogP contribution in [0.3, 0.4) is 0 Å². The standard InChI is InChI=1S/C3H6N2O6P2/c6-12(7,11-13(8,9)10)3-1-4-2-5-3/h1-2H,(H,4,5)(H,6,7)(H2,8,9,10). The third kappa shape index (κ3) is 3.04. The van der Waals surface area contributed by atoms with E-state index in [9.17, 15) is 9.13 Å². The fourth-order valence-electron chi connectivity index (χ4n) is 0.591. The van der Waals surface area contributed by atoms with E-state index in [1.54, 1.807) is 0 Å². The molecule has 0 amide bonds. The van der Waals surface area contributed by atoms with Crippen LogP contribution in [0.5, 0.6) is 0 Å². The molecule has 1 atom stereocenters. The Labute approximate surface area is 72.4 Å². The predicted molar refractivity (Wildman–Crippen MR) is 41.2 cm³/mol. The summed E-state index contributed by atoms with van der Waals surface area (Å²) in [4.78, 5) is 31.1. The van der Waals surface area contributed by atoms with Gasteiger partial charge in [0.1, 0.15) is 5.44 Å². The second-order valence-electron chi connectivity index (χ2n) is 2.03. The predicted octanol–water partition coefficient (Wildman–Crippen LogP) is -0.670. The van der Waals surface area contributed by atoms with Gasteiger partial charge in [-0.25, -0.2) is 13.9 Å². The summed E-state index contributed by atoms with van der Waals surface area (Å²) in [6, 6.07) is 0. The van der Waals surface area contributed by atoms with Crippen LogP contribution >= 0.6 is 15.4 Å². The number of rotatable bonds is 3. The SMILES string of the molecule is O=P(O)(O)OP(=O)(O)c1cnc[nH]1. The van der Waals surface area contributed by atoms with Crippen LogP contribution in [0, 0.1) is 0 Å². The molecule has 10 heteroatoms. The summed E-state index contributed by atoms with van der Waals surface area (Å²) in [6.45, 7) is 0. The van der Waals surface area contributed by atoms with E-state index in [2.05, 4.69) is 14.3 Å². The molecule has 0 saturated carbocycles. The van der Waals surface area contributed by atoms with Crippen molar-refractivity contribution in [3.05, 3.63) is 12.5 Å². The van der Waals surface area contributed by atoms with Crippen LogP contribution in [-0.2, 0) is 13.4 Å². The van der Waals surface area contributed by atoms with Gasteiger partial charge in [-0.2, -0.15) is 0 Å². The molecule has 0 aliphatic rings. The van der Waals surface area contributed by atoms with E-state index in [1.807, 2.05) is 0 Å². The van der Waals surface area contributed by atoms with Gasteiger partial charge >= 0.3 is 15.4 Å². The van der Waals surface area contributed by atoms with Gasteiger partial charge in [0.15, 0.2) is 0 Å². The number of imidazole rings is 1. The van der Waals surface area contributed by atoms with Crippen LogP contribution in [0.2, 0.25) is 0 Å². The molecule has 4 N–H and O–H groups in total. The van der Waals surface area contributed by atoms with Crippen molar-refractivity contribution in [1.82, 2.24) is 9.97 Å². The summed E-state index contributed by atoms with van der Waals surface area (Å²) in [6.07, 6.45) is 2.03. The Kier molecular flexibility index (Phi) is 2.72. The first-order valence-corrected chi connectivity index (χ1v) is 6.01. The van der Waals surface area contributed by atoms with Gasteiger partial charge in [-0.3, -0.25) is 4.57 Å². The van der Waals surface area contributed by atoms with Gasteiger partial charge in [-0.15, -0.1) is 0 Å². The first-order valence-electron chi connectivity index (χ1n) is 2.90. The zero-order valence-corrected chi connectivity index (χ0v) is 7.85. The molecule has 1 unspecified atom stereocenters. The minimum absolute atomic E-state index is 0.379. The largest absolute Gasteiger partial charge is 0.477 e. The van der Waals surface area contributed by atoms with Gasteiger partial charge < -0.3 is 19.7 Å². The van der Waals surface area contributed by atoms with E-state index in [4.69, 9.17) is 14.7 Å². The molecular weight excluding hydrogens is 222 g/mol. The highest BCUT2D eigenvalue weighted by molar-refractivity contribution is 7.68. The molecule has 1 heterocycles. The van der Waals surface area contributed by atoms with E-state index in [0.29, 0.717) is 0 Å². The maximum atomic E-state index is 11.1. The average Bonchev–Trinajstić information content (AvgIpc) is 2.29. The molecule has 0 aliphatic heterocycles. The van der Waals surface area contributed by atoms with Crippen molar-refractivity contribution >= 4 is 20.9 Å². The number of hydrogen-bond acceptors (Lipinski definition) is 4. The van der Waals surface area contributed by atoms with Crippen LogP contribution in [0.4, 0.5) is 0 Å². The van der Waals surface area contributed by atoms with Gasteiger partial charge in [-0.1, -0.05) is 0 Å². The Hall–Kier alpha value is -0.490. The number of phosphoric acid groups is 1. The molecule has 0 fully saturated rings. The lowest BCUT2D eigenvalue weighted by Crippen LogP contribution is -2.06. The summed E-state index contributed by atoms with van der Waals surface area (Å²) >= 11 is 0. The van der Waals surface area contributed by atoms with Crippen molar-refractivity contribution in [3.8, 4) is 0 Å². The van der Waals surface area contributed by atoms with Crippen molar-refractivity contribution < 1.29 is 28.1 Å². The number of nitrogens with one attached hydrogen (secondary N) is 1. The summed E-state index contributed by atoms with van der Waals surface area (Å²) < 4.78 is 25.0. The third-order valence-electron chi connectivity index (χ3n) is 1.01. The molecule has 1 aromatic rings.